The van der Waals surface area contributed by atoms with Gasteiger partial charge in [-0.1, -0.05) is 0 Å². The van der Waals surface area contributed by atoms with E-state index in [-0.39, 0.29) is 35.9 Å². The normalized spacial score (nSPS) is 17.7. The summed E-state index contributed by atoms with van der Waals surface area (Å²) < 4.78 is 67.9. The molecule has 0 saturated carbocycles. The average molecular weight is 353 g/mol. The molecule has 2 N–H and O–H groups in total. The van der Waals surface area contributed by atoms with Gasteiger partial charge in [0.05, 0.1) is 11.3 Å². The highest BCUT2D eigenvalue weighted by Gasteiger charge is 2.36. The van der Waals surface area contributed by atoms with Crippen molar-refractivity contribution in [1.29, 1.82) is 0 Å². The number of anilines is 1. The molecule has 1 aromatic rings. The number of hydrogen-bond donors (Lipinski definition) is 1. The first kappa shape index (κ1) is 18.2. The molecular formula is C14H16F5N3O2. The number of primary amides is 1. The van der Waals surface area contributed by atoms with E-state index in [2.05, 4.69) is 9.72 Å². The molecule has 2 rings (SSSR count). The minimum absolute atomic E-state index is 0.0392. The average Bonchev–Trinajstić information content (AvgIpc) is 2.44. The molecule has 134 valence electrons. The van der Waals surface area contributed by atoms with Gasteiger partial charge < -0.3 is 15.4 Å². The first-order valence-corrected chi connectivity index (χ1v) is 7.12. The number of pyridine rings is 1. The molecule has 2 heterocycles. The van der Waals surface area contributed by atoms with Crippen LogP contribution in [0.25, 0.3) is 0 Å². The second kappa shape index (κ2) is 6.40. The summed E-state index contributed by atoms with van der Waals surface area (Å²) in [4.78, 5) is 17.1. The fourth-order valence-corrected chi connectivity index (χ4v) is 2.35. The quantitative estimate of drug-likeness (QED) is 0.845. The molecule has 10 heteroatoms. The molecule has 0 aromatic carbocycles. The Morgan fingerprint density at radius 2 is 1.96 bits per heavy atom. The highest BCUT2D eigenvalue weighted by Crippen LogP contribution is 2.33. The molecule has 1 amide bonds. The number of alkyl halides is 5. The summed E-state index contributed by atoms with van der Waals surface area (Å²) in [5.74, 6) is -3.86. The van der Waals surface area contributed by atoms with Crippen molar-refractivity contribution in [2.75, 3.05) is 24.6 Å². The summed E-state index contributed by atoms with van der Waals surface area (Å²) in [5.41, 5.74) is 5.19. The van der Waals surface area contributed by atoms with Crippen LogP contribution in [0.1, 0.15) is 28.9 Å². The highest BCUT2D eigenvalue weighted by molar-refractivity contribution is 5.98. The SMILES string of the molecule is Cc1nc(N2CCC(F)(F)CC2)c(C(N)=O)cc1OCC(F)(F)F. The van der Waals surface area contributed by atoms with Gasteiger partial charge in [0.15, 0.2) is 6.61 Å². The molecule has 24 heavy (non-hydrogen) atoms. The Balaban J connectivity index is 2.29. The van der Waals surface area contributed by atoms with Gasteiger partial charge in [0.25, 0.3) is 11.8 Å². The van der Waals surface area contributed by atoms with Gasteiger partial charge in [-0.05, 0) is 13.0 Å². The van der Waals surface area contributed by atoms with Crippen molar-refractivity contribution in [2.24, 2.45) is 5.73 Å². The van der Waals surface area contributed by atoms with Gasteiger partial charge in [-0.15, -0.1) is 0 Å². The van der Waals surface area contributed by atoms with Crippen LogP contribution in [0.4, 0.5) is 27.8 Å². The highest BCUT2D eigenvalue weighted by atomic mass is 19.4. The lowest BCUT2D eigenvalue weighted by atomic mass is 10.1. The minimum Gasteiger partial charge on any atom is -0.482 e. The van der Waals surface area contributed by atoms with E-state index in [9.17, 15) is 26.7 Å². The predicted octanol–water partition coefficient (Wildman–Crippen LogP) is 2.67. The van der Waals surface area contributed by atoms with E-state index < -0.39 is 37.5 Å². The lowest BCUT2D eigenvalue weighted by Gasteiger charge is -2.33. The lowest BCUT2D eigenvalue weighted by Crippen LogP contribution is -2.40. The summed E-state index contributed by atoms with van der Waals surface area (Å²) in [5, 5.41) is 0. The van der Waals surface area contributed by atoms with Crippen LogP contribution in [0.3, 0.4) is 0 Å². The largest absolute Gasteiger partial charge is 0.482 e. The second-order valence-electron chi connectivity index (χ2n) is 5.55. The van der Waals surface area contributed by atoms with Gasteiger partial charge >= 0.3 is 6.18 Å². The van der Waals surface area contributed by atoms with E-state index in [0.717, 1.165) is 6.07 Å². The van der Waals surface area contributed by atoms with Crippen molar-refractivity contribution in [2.45, 2.75) is 31.9 Å². The number of amides is 1. The number of nitrogens with two attached hydrogens (primary N) is 1. The monoisotopic (exact) mass is 353 g/mol. The first-order chi connectivity index (χ1) is 11.0. The predicted molar refractivity (Wildman–Crippen MR) is 75.4 cm³/mol. The Labute approximate surface area is 134 Å². The zero-order valence-electron chi connectivity index (χ0n) is 12.8. The number of rotatable bonds is 4. The fourth-order valence-electron chi connectivity index (χ4n) is 2.35. The third-order valence-electron chi connectivity index (χ3n) is 3.60. The maximum absolute atomic E-state index is 13.2. The van der Waals surface area contributed by atoms with Crippen LogP contribution in [-0.2, 0) is 0 Å². The lowest BCUT2D eigenvalue weighted by molar-refractivity contribution is -0.153. The van der Waals surface area contributed by atoms with Crippen LogP contribution in [0, 0.1) is 6.92 Å². The Morgan fingerprint density at radius 3 is 2.46 bits per heavy atom. The first-order valence-electron chi connectivity index (χ1n) is 7.12. The van der Waals surface area contributed by atoms with E-state index >= 15 is 0 Å². The van der Waals surface area contributed by atoms with Crippen molar-refractivity contribution in [3.05, 3.63) is 17.3 Å². The van der Waals surface area contributed by atoms with Crippen LogP contribution in [0.5, 0.6) is 5.75 Å². The van der Waals surface area contributed by atoms with Gasteiger partial charge in [0.2, 0.25) is 0 Å². The summed E-state index contributed by atoms with van der Waals surface area (Å²) >= 11 is 0. The van der Waals surface area contributed by atoms with Gasteiger partial charge in [-0.3, -0.25) is 4.79 Å². The summed E-state index contributed by atoms with van der Waals surface area (Å²) in [6.07, 6.45) is -5.35. The molecule has 1 aromatic heterocycles. The third kappa shape index (κ3) is 4.45. The number of hydrogen-bond acceptors (Lipinski definition) is 4. The Bertz CT molecular complexity index is 624. The molecule has 1 aliphatic heterocycles. The number of nitrogens with zero attached hydrogens (tertiary/aromatic N) is 2. The van der Waals surface area contributed by atoms with Crippen LogP contribution in [-0.4, -0.2) is 42.7 Å². The number of carbonyl (C=O) groups is 1. The molecule has 1 fully saturated rings. The number of aromatic nitrogens is 1. The van der Waals surface area contributed by atoms with E-state index in [4.69, 9.17) is 5.73 Å². The molecule has 0 radical (unpaired) electrons. The van der Waals surface area contributed by atoms with Crippen molar-refractivity contribution in [3.63, 3.8) is 0 Å². The topological polar surface area (TPSA) is 68.5 Å². The maximum atomic E-state index is 13.2. The molecule has 0 spiro atoms. The van der Waals surface area contributed by atoms with E-state index in [1.165, 1.54) is 11.8 Å². The molecule has 0 aliphatic carbocycles. The third-order valence-corrected chi connectivity index (χ3v) is 3.60. The molecule has 5 nitrogen and oxygen atoms in total. The van der Waals surface area contributed by atoms with Crippen LogP contribution >= 0.6 is 0 Å². The zero-order valence-corrected chi connectivity index (χ0v) is 12.8. The Kier molecular flexibility index (Phi) is 4.86. The van der Waals surface area contributed by atoms with Crippen molar-refractivity contribution in [3.8, 4) is 5.75 Å². The van der Waals surface area contributed by atoms with Crippen molar-refractivity contribution >= 4 is 11.7 Å². The van der Waals surface area contributed by atoms with Gasteiger partial charge in [-0.25, -0.2) is 13.8 Å². The summed E-state index contributed by atoms with van der Waals surface area (Å²) in [6, 6.07) is 1.07. The second-order valence-corrected chi connectivity index (χ2v) is 5.55. The van der Waals surface area contributed by atoms with Crippen LogP contribution in [0.2, 0.25) is 0 Å². The number of ether oxygens (including phenoxy) is 1. The number of piperidine rings is 1. The minimum atomic E-state index is -4.55. The fraction of sp³-hybridized carbons (Fsp3) is 0.571. The van der Waals surface area contributed by atoms with Gasteiger partial charge in [-0.2, -0.15) is 13.2 Å². The molecule has 1 saturated heterocycles. The smallest absolute Gasteiger partial charge is 0.422 e. The molecule has 0 unspecified atom stereocenters. The summed E-state index contributed by atoms with van der Waals surface area (Å²) in [6.45, 7) is -0.216. The van der Waals surface area contributed by atoms with Gasteiger partial charge in [0, 0.05) is 25.9 Å². The molecular weight excluding hydrogens is 337 g/mol. The van der Waals surface area contributed by atoms with E-state index in [1.54, 1.807) is 0 Å². The maximum Gasteiger partial charge on any atom is 0.422 e. The number of aryl methyl sites for hydroxylation is 1. The van der Waals surface area contributed by atoms with Crippen molar-refractivity contribution in [1.82, 2.24) is 4.98 Å². The molecule has 0 atom stereocenters. The standard InChI is InChI=1S/C14H16F5N3O2/c1-8-10(24-7-14(17,18)19)6-9(11(20)23)12(21-8)22-4-2-13(15,16)3-5-22/h6H,2-5,7H2,1H3,(H2,20,23). The number of carbonyl (C=O) groups excluding carboxylic acids is 1. The molecule has 1 aliphatic rings. The van der Waals surface area contributed by atoms with Gasteiger partial charge in [0.1, 0.15) is 11.6 Å². The van der Waals surface area contributed by atoms with E-state index in [1.807, 2.05) is 0 Å². The van der Waals surface area contributed by atoms with Crippen LogP contribution < -0.4 is 15.4 Å². The van der Waals surface area contributed by atoms with Crippen LogP contribution in [0.15, 0.2) is 6.07 Å². The number of halogens is 5. The summed E-state index contributed by atoms with van der Waals surface area (Å²) in [7, 11) is 0. The Hall–Kier alpha value is -2.13. The zero-order chi connectivity index (χ0) is 18.1. The van der Waals surface area contributed by atoms with Crippen molar-refractivity contribution < 1.29 is 31.5 Å². The molecule has 0 bridgehead atoms. The van der Waals surface area contributed by atoms with E-state index in [0.29, 0.717) is 0 Å². The Morgan fingerprint density at radius 1 is 1.38 bits per heavy atom.